The van der Waals surface area contributed by atoms with E-state index < -0.39 is 12.1 Å². The van der Waals surface area contributed by atoms with Crippen LogP contribution < -0.4 is 5.90 Å². The summed E-state index contributed by atoms with van der Waals surface area (Å²) >= 11 is 3.30. The highest BCUT2D eigenvalue weighted by atomic mass is 79.9. The molecule has 5 heteroatoms. The van der Waals surface area contributed by atoms with Crippen molar-refractivity contribution in [1.82, 2.24) is 0 Å². The minimum atomic E-state index is -0.948. The Morgan fingerprint density at radius 1 is 1.57 bits per heavy atom. The Hall–Kier alpha value is -0.910. The van der Waals surface area contributed by atoms with E-state index in [2.05, 4.69) is 20.8 Å². The molecule has 0 bridgehead atoms. The third-order valence-corrected chi connectivity index (χ3v) is 2.50. The highest BCUT2D eigenvalue weighted by Gasteiger charge is 2.17. The van der Waals surface area contributed by atoms with Gasteiger partial charge in [0.1, 0.15) is 6.10 Å². The van der Waals surface area contributed by atoms with E-state index in [1.165, 1.54) is 0 Å². The fourth-order valence-electron chi connectivity index (χ4n) is 1.13. The SMILES string of the molecule is NOC(CC(=O)O)c1ccccc1Br. The molecule has 3 N–H and O–H groups in total. The first-order chi connectivity index (χ1) is 6.65. The quantitative estimate of drug-likeness (QED) is 0.810. The van der Waals surface area contributed by atoms with Gasteiger partial charge in [-0.1, -0.05) is 34.1 Å². The fraction of sp³-hybridized carbons (Fsp3) is 0.222. The summed E-state index contributed by atoms with van der Waals surface area (Å²) in [7, 11) is 0. The molecule has 0 saturated heterocycles. The zero-order valence-electron chi connectivity index (χ0n) is 7.31. The number of nitrogens with two attached hydrogens (primary N) is 1. The number of hydrogen-bond donors (Lipinski definition) is 2. The number of rotatable bonds is 4. The van der Waals surface area contributed by atoms with Crippen LogP contribution in [0.25, 0.3) is 0 Å². The molecule has 0 amide bonds. The van der Waals surface area contributed by atoms with Crippen LogP contribution >= 0.6 is 15.9 Å². The smallest absolute Gasteiger partial charge is 0.306 e. The number of halogens is 1. The predicted octanol–water partition coefficient (Wildman–Crippen LogP) is 1.86. The first-order valence-electron chi connectivity index (χ1n) is 3.97. The number of carboxylic acids is 1. The number of carboxylic acid groups (broad SMARTS) is 1. The average molecular weight is 260 g/mol. The molecule has 0 radical (unpaired) electrons. The van der Waals surface area contributed by atoms with E-state index in [9.17, 15) is 4.79 Å². The molecular formula is C9H10BrNO3. The van der Waals surface area contributed by atoms with E-state index in [4.69, 9.17) is 11.0 Å². The maximum absolute atomic E-state index is 10.5. The van der Waals surface area contributed by atoms with Gasteiger partial charge in [-0.2, -0.15) is 0 Å². The molecule has 0 heterocycles. The number of aliphatic carboxylic acids is 1. The Labute approximate surface area is 89.8 Å². The Morgan fingerprint density at radius 3 is 2.71 bits per heavy atom. The van der Waals surface area contributed by atoms with Crippen LogP contribution in [0.15, 0.2) is 28.7 Å². The zero-order valence-corrected chi connectivity index (χ0v) is 8.90. The van der Waals surface area contributed by atoms with E-state index in [-0.39, 0.29) is 6.42 Å². The molecule has 1 aromatic carbocycles. The van der Waals surface area contributed by atoms with Gasteiger partial charge >= 0.3 is 5.97 Å². The molecule has 0 saturated carbocycles. The Morgan fingerprint density at radius 2 is 2.21 bits per heavy atom. The lowest BCUT2D eigenvalue weighted by Gasteiger charge is -2.13. The molecule has 14 heavy (non-hydrogen) atoms. The minimum Gasteiger partial charge on any atom is -0.481 e. The summed E-state index contributed by atoms with van der Waals surface area (Å²) in [5.41, 5.74) is 0.734. The lowest BCUT2D eigenvalue weighted by atomic mass is 10.1. The van der Waals surface area contributed by atoms with Gasteiger partial charge in [-0.05, 0) is 11.6 Å². The van der Waals surface area contributed by atoms with Crippen LogP contribution in [0.4, 0.5) is 0 Å². The summed E-state index contributed by atoms with van der Waals surface area (Å²) < 4.78 is 0.789. The maximum atomic E-state index is 10.5. The van der Waals surface area contributed by atoms with Crippen LogP contribution in [0.5, 0.6) is 0 Å². The molecule has 0 fully saturated rings. The topological polar surface area (TPSA) is 72.5 Å². The summed E-state index contributed by atoms with van der Waals surface area (Å²) in [5, 5.41) is 8.62. The van der Waals surface area contributed by atoms with Crippen LogP contribution in [0.3, 0.4) is 0 Å². The average Bonchev–Trinajstić information content (AvgIpc) is 2.15. The Kier molecular flexibility index (Phi) is 4.06. The van der Waals surface area contributed by atoms with Crippen LogP contribution in [-0.2, 0) is 9.63 Å². The molecule has 1 atom stereocenters. The van der Waals surface area contributed by atoms with Gasteiger partial charge in [0, 0.05) is 4.47 Å². The predicted molar refractivity (Wildman–Crippen MR) is 54.4 cm³/mol. The molecule has 1 aromatic rings. The zero-order chi connectivity index (χ0) is 10.6. The lowest BCUT2D eigenvalue weighted by Crippen LogP contribution is -2.14. The van der Waals surface area contributed by atoms with E-state index in [1.807, 2.05) is 12.1 Å². The molecule has 4 nitrogen and oxygen atoms in total. The van der Waals surface area contributed by atoms with E-state index >= 15 is 0 Å². The van der Waals surface area contributed by atoms with Gasteiger partial charge in [0.15, 0.2) is 0 Å². The van der Waals surface area contributed by atoms with Crippen molar-refractivity contribution >= 4 is 21.9 Å². The van der Waals surface area contributed by atoms with Crippen LogP contribution in [0.1, 0.15) is 18.1 Å². The number of benzene rings is 1. The second-order valence-electron chi connectivity index (χ2n) is 2.74. The van der Waals surface area contributed by atoms with Gasteiger partial charge in [0.25, 0.3) is 0 Å². The molecule has 0 aliphatic heterocycles. The van der Waals surface area contributed by atoms with E-state index in [1.54, 1.807) is 12.1 Å². The van der Waals surface area contributed by atoms with E-state index in [0.717, 1.165) is 10.0 Å². The third-order valence-electron chi connectivity index (χ3n) is 1.78. The molecule has 76 valence electrons. The maximum Gasteiger partial charge on any atom is 0.306 e. The standard InChI is InChI=1S/C9H10BrNO3/c10-7-4-2-1-3-6(7)8(14-11)5-9(12)13/h1-4,8H,5,11H2,(H,12,13). The molecule has 0 aliphatic rings. The molecule has 1 unspecified atom stereocenters. The van der Waals surface area contributed by atoms with Crippen molar-refractivity contribution in [1.29, 1.82) is 0 Å². The number of hydrogen-bond acceptors (Lipinski definition) is 3. The summed E-state index contributed by atoms with van der Waals surface area (Å²) in [5.74, 6) is 4.09. The molecule has 0 aromatic heterocycles. The van der Waals surface area contributed by atoms with Gasteiger partial charge in [-0.25, -0.2) is 5.90 Å². The summed E-state index contributed by atoms with van der Waals surface area (Å²) in [4.78, 5) is 15.1. The second-order valence-corrected chi connectivity index (χ2v) is 3.60. The first kappa shape index (κ1) is 11.2. The van der Waals surface area contributed by atoms with Gasteiger partial charge in [0.2, 0.25) is 0 Å². The van der Waals surface area contributed by atoms with Crippen molar-refractivity contribution in [2.24, 2.45) is 5.90 Å². The number of carbonyl (C=O) groups is 1. The molecule has 0 aliphatic carbocycles. The van der Waals surface area contributed by atoms with E-state index in [0.29, 0.717) is 0 Å². The first-order valence-corrected chi connectivity index (χ1v) is 4.76. The van der Waals surface area contributed by atoms with Crippen LogP contribution in [0.2, 0.25) is 0 Å². The van der Waals surface area contributed by atoms with Gasteiger partial charge in [-0.3, -0.25) is 9.63 Å². The highest BCUT2D eigenvalue weighted by molar-refractivity contribution is 9.10. The van der Waals surface area contributed by atoms with Crippen molar-refractivity contribution in [3.05, 3.63) is 34.3 Å². The Balaban J connectivity index is 2.89. The van der Waals surface area contributed by atoms with Crippen molar-refractivity contribution in [3.63, 3.8) is 0 Å². The molecule has 1 rings (SSSR count). The van der Waals surface area contributed by atoms with Crippen LogP contribution in [0, 0.1) is 0 Å². The lowest BCUT2D eigenvalue weighted by molar-refractivity contribution is -0.140. The van der Waals surface area contributed by atoms with Crippen molar-refractivity contribution in [2.45, 2.75) is 12.5 Å². The van der Waals surface area contributed by atoms with Crippen molar-refractivity contribution in [2.75, 3.05) is 0 Å². The minimum absolute atomic E-state index is 0.154. The highest BCUT2D eigenvalue weighted by Crippen LogP contribution is 2.26. The van der Waals surface area contributed by atoms with Crippen molar-refractivity contribution < 1.29 is 14.7 Å². The normalized spacial score (nSPS) is 12.4. The van der Waals surface area contributed by atoms with Gasteiger partial charge < -0.3 is 5.11 Å². The largest absolute Gasteiger partial charge is 0.481 e. The van der Waals surface area contributed by atoms with Gasteiger partial charge in [-0.15, -0.1) is 0 Å². The second kappa shape index (κ2) is 5.09. The van der Waals surface area contributed by atoms with Gasteiger partial charge in [0.05, 0.1) is 6.42 Å². The third kappa shape index (κ3) is 2.80. The van der Waals surface area contributed by atoms with Crippen molar-refractivity contribution in [3.8, 4) is 0 Å². The molecular weight excluding hydrogens is 250 g/mol. The Bertz CT molecular complexity index is 330. The molecule has 0 spiro atoms. The summed E-state index contributed by atoms with van der Waals surface area (Å²) in [6.45, 7) is 0. The summed E-state index contributed by atoms with van der Waals surface area (Å²) in [6, 6.07) is 7.21. The monoisotopic (exact) mass is 259 g/mol. The fourth-order valence-corrected chi connectivity index (χ4v) is 1.67. The van der Waals surface area contributed by atoms with Crippen LogP contribution in [-0.4, -0.2) is 11.1 Å². The summed E-state index contributed by atoms with van der Waals surface area (Å²) in [6.07, 6.45) is -0.776.